The first-order valence-electron chi connectivity index (χ1n) is 6.15. The highest BCUT2D eigenvalue weighted by molar-refractivity contribution is 6.00. The van der Waals surface area contributed by atoms with Crippen LogP contribution in [0.25, 0.3) is 10.9 Å². The largest absolute Gasteiger partial charge is 0.367 e. The van der Waals surface area contributed by atoms with Crippen LogP contribution in [0.1, 0.15) is 10.5 Å². The average molecular weight is 244 g/mol. The Kier molecular flexibility index (Phi) is 2.76. The second-order valence-electron chi connectivity index (χ2n) is 4.72. The third-order valence-electron chi connectivity index (χ3n) is 3.55. The number of para-hydroxylation sites is 1. The van der Waals surface area contributed by atoms with Gasteiger partial charge in [0.25, 0.3) is 0 Å². The van der Waals surface area contributed by atoms with Gasteiger partial charge < -0.3 is 9.80 Å². The molecule has 1 aliphatic rings. The van der Waals surface area contributed by atoms with E-state index < -0.39 is 0 Å². The van der Waals surface area contributed by atoms with E-state index in [0.29, 0.717) is 5.69 Å². The van der Waals surface area contributed by atoms with Gasteiger partial charge in [0.05, 0.1) is 5.69 Å². The number of carbonyl (C=O) groups is 1. The number of aldehydes is 1. The molecule has 5 heteroatoms. The van der Waals surface area contributed by atoms with Gasteiger partial charge in [0.2, 0.25) is 0 Å². The van der Waals surface area contributed by atoms with Crippen LogP contribution < -0.4 is 4.90 Å². The molecule has 1 aliphatic heterocycles. The number of H-pyrrole nitrogens is 1. The molecule has 1 N–H and O–H groups in total. The molecule has 3 rings (SSSR count). The van der Waals surface area contributed by atoms with Gasteiger partial charge in [0, 0.05) is 31.6 Å². The second kappa shape index (κ2) is 4.42. The number of aromatic nitrogens is 2. The molecule has 0 aliphatic carbocycles. The minimum absolute atomic E-state index is 0.556. The van der Waals surface area contributed by atoms with E-state index in [-0.39, 0.29) is 0 Å². The summed E-state index contributed by atoms with van der Waals surface area (Å²) in [6.45, 7) is 4.11. The van der Waals surface area contributed by atoms with Crippen LogP contribution in [0.4, 0.5) is 5.69 Å². The molecule has 0 atom stereocenters. The average Bonchev–Trinajstić information content (AvgIpc) is 2.82. The highest BCUT2D eigenvalue weighted by atomic mass is 16.1. The van der Waals surface area contributed by atoms with Crippen molar-refractivity contribution in [2.75, 3.05) is 38.1 Å². The van der Waals surface area contributed by atoms with Gasteiger partial charge >= 0.3 is 0 Å². The zero-order valence-corrected chi connectivity index (χ0v) is 10.4. The fraction of sp³-hybridized carbons (Fsp3) is 0.385. The number of piperazine rings is 1. The van der Waals surface area contributed by atoms with Crippen LogP contribution in [0, 0.1) is 0 Å². The molecule has 18 heavy (non-hydrogen) atoms. The Morgan fingerprint density at radius 3 is 2.78 bits per heavy atom. The Balaban J connectivity index is 2.01. The highest BCUT2D eigenvalue weighted by Gasteiger charge is 2.18. The summed E-state index contributed by atoms with van der Waals surface area (Å²) >= 11 is 0. The summed E-state index contributed by atoms with van der Waals surface area (Å²) in [5.41, 5.74) is 2.56. The summed E-state index contributed by atoms with van der Waals surface area (Å²) in [6.07, 6.45) is 0.823. The van der Waals surface area contributed by atoms with Crippen molar-refractivity contribution in [3.8, 4) is 0 Å². The summed E-state index contributed by atoms with van der Waals surface area (Å²) in [4.78, 5) is 15.6. The van der Waals surface area contributed by atoms with E-state index in [1.54, 1.807) is 0 Å². The monoisotopic (exact) mass is 244 g/mol. The minimum Gasteiger partial charge on any atom is -0.367 e. The number of carbonyl (C=O) groups excluding carboxylic acids is 1. The van der Waals surface area contributed by atoms with Crippen molar-refractivity contribution in [2.24, 2.45) is 0 Å². The Morgan fingerprint density at radius 2 is 2.06 bits per heavy atom. The summed E-state index contributed by atoms with van der Waals surface area (Å²) in [6, 6.07) is 5.99. The van der Waals surface area contributed by atoms with Gasteiger partial charge in [-0.05, 0) is 13.1 Å². The predicted octanol–water partition coefficient (Wildman–Crippen LogP) is 1.13. The maximum absolute atomic E-state index is 10.9. The van der Waals surface area contributed by atoms with E-state index in [2.05, 4.69) is 33.1 Å². The van der Waals surface area contributed by atoms with Crippen LogP contribution in [-0.2, 0) is 0 Å². The molecule has 2 aromatic rings. The quantitative estimate of drug-likeness (QED) is 0.805. The zero-order valence-electron chi connectivity index (χ0n) is 10.4. The Morgan fingerprint density at radius 1 is 1.28 bits per heavy atom. The van der Waals surface area contributed by atoms with Gasteiger partial charge in [0.15, 0.2) is 6.29 Å². The molecule has 0 bridgehead atoms. The fourth-order valence-corrected chi connectivity index (χ4v) is 2.43. The van der Waals surface area contributed by atoms with Gasteiger partial charge in [-0.25, -0.2) is 0 Å². The normalized spacial score (nSPS) is 17.3. The van der Waals surface area contributed by atoms with Crippen LogP contribution in [0.5, 0.6) is 0 Å². The molecule has 5 nitrogen and oxygen atoms in total. The van der Waals surface area contributed by atoms with E-state index in [1.807, 2.05) is 12.1 Å². The van der Waals surface area contributed by atoms with Gasteiger partial charge in [-0.3, -0.25) is 9.89 Å². The minimum atomic E-state index is 0.556. The molecule has 0 unspecified atom stereocenters. The topological polar surface area (TPSA) is 52.2 Å². The lowest BCUT2D eigenvalue weighted by Gasteiger charge is -2.34. The van der Waals surface area contributed by atoms with Crippen molar-refractivity contribution < 1.29 is 4.79 Å². The number of benzene rings is 1. The molecule has 2 heterocycles. The van der Waals surface area contributed by atoms with Crippen molar-refractivity contribution in [1.82, 2.24) is 15.1 Å². The maximum Gasteiger partial charge on any atom is 0.168 e. The lowest BCUT2D eigenvalue weighted by atomic mass is 10.1. The fourth-order valence-electron chi connectivity index (χ4n) is 2.43. The first-order valence-corrected chi connectivity index (χ1v) is 6.15. The molecule has 1 fully saturated rings. The molecule has 1 aromatic heterocycles. The zero-order chi connectivity index (χ0) is 12.5. The summed E-state index contributed by atoms with van der Waals surface area (Å²) < 4.78 is 0. The Hall–Kier alpha value is -1.88. The molecular weight excluding hydrogens is 228 g/mol. The van der Waals surface area contributed by atoms with Crippen molar-refractivity contribution in [1.29, 1.82) is 0 Å². The lowest BCUT2D eigenvalue weighted by molar-refractivity contribution is 0.112. The standard InChI is InChI=1S/C13H16N4O/c1-16-5-7-17(8-6-16)12-4-2-3-10-11(9-18)14-15-13(10)12/h2-4,9H,5-8H2,1H3,(H,14,15). The number of likely N-dealkylation sites (N-methyl/N-ethyl adjacent to an activating group) is 1. The van der Waals surface area contributed by atoms with Gasteiger partial charge in [0.1, 0.15) is 11.2 Å². The van der Waals surface area contributed by atoms with E-state index in [0.717, 1.165) is 49.1 Å². The van der Waals surface area contributed by atoms with Crippen LogP contribution in [-0.4, -0.2) is 54.6 Å². The summed E-state index contributed by atoms with van der Waals surface area (Å²) in [5.74, 6) is 0. The first-order chi connectivity index (χ1) is 8.79. The van der Waals surface area contributed by atoms with Gasteiger partial charge in [-0.15, -0.1) is 0 Å². The number of nitrogens with one attached hydrogen (secondary N) is 1. The van der Waals surface area contributed by atoms with Crippen molar-refractivity contribution >= 4 is 22.9 Å². The van der Waals surface area contributed by atoms with E-state index >= 15 is 0 Å². The smallest absolute Gasteiger partial charge is 0.168 e. The second-order valence-corrected chi connectivity index (χ2v) is 4.72. The van der Waals surface area contributed by atoms with Crippen LogP contribution in [0.15, 0.2) is 18.2 Å². The molecule has 0 radical (unpaired) electrons. The number of hydrogen-bond donors (Lipinski definition) is 1. The number of fused-ring (bicyclic) bond motifs is 1. The third-order valence-corrected chi connectivity index (χ3v) is 3.55. The number of hydrogen-bond acceptors (Lipinski definition) is 4. The molecular formula is C13H16N4O. The molecule has 0 amide bonds. The van der Waals surface area contributed by atoms with E-state index in [4.69, 9.17) is 0 Å². The Bertz CT molecular complexity index is 569. The van der Waals surface area contributed by atoms with Gasteiger partial charge in [-0.1, -0.05) is 12.1 Å². The van der Waals surface area contributed by atoms with Crippen LogP contribution >= 0.6 is 0 Å². The summed E-state index contributed by atoms with van der Waals surface area (Å²) in [5, 5.41) is 7.97. The van der Waals surface area contributed by atoms with Gasteiger partial charge in [-0.2, -0.15) is 5.10 Å². The number of nitrogens with zero attached hydrogens (tertiary/aromatic N) is 3. The van der Waals surface area contributed by atoms with Crippen molar-refractivity contribution in [3.63, 3.8) is 0 Å². The molecule has 0 saturated carbocycles. The first kappa shape index (κ1) is 11.2. The van der Waals surface area contributed by atoms with Crippen molar-refractivity contribution in [2.45, 2.75) is 0 Å². The molecule has 1 aromatic carbocycles. The number of anilines is 1. The predicted molar refractivity (Wildman–Crippen MR) is 71.2 cm³/mol. The van der Waals surface area contributed by atoms with E-state index in [9.17, 15) is 4.79 Å². The Labute approximate surface area is 105 Å². The molecule has 94 valence electrons. The van der Waals surface area contributed by atoms with Crippen LogP contribution in [0.3, 0.4) is 0 Å². The number of aromatic amines is 1. The highest BCUT2D eigenvalue weighted by Crippen LogP contribution is 2.27. The number of rotatable bonds is 2. The SMILES string of the molecule is CN1CCN(c2cccc3c(C=O)[nH]nc23)CC1. The van der Waals surface area contributed by atoms with Crippen LogP contribution in [0.2, 0.25) is 0 Å². The molecule has 1 saturated heterocycles. The summed E-state index contributed by atoms with van der Waals surface area (Å²) in [7, 11) is 2.14. The molecule has 0 spiro atoms. The third kappa shape index (κ3) is 1.76. The van der Waals surface area contributed by atoms with E-state index in [1.165, 1.54) is 0 Å². The van der Waals surface area contributed by atoms with Crippen molar-refractivity contribution in [3.05, 3.63) is 23.9 Å². The maximum atomic E-state index is 10.9. The lowest BCUT2D eigenvalue weighted by Crippen LogP contribution is -2.44.